The van der Waals surface area contributed by atoms with Crippen molar-refractivity contribution in [3.8, 4) is 0 Å². The van der Waals surface area contributed by atoms with Gasteiger partial charge in [-0.15, -0.1) is 0 Å². The van der Waals surface area contributed by atoms with Crippen molar-refractivity contribution in [2.24, 2.45) is 0 Å². The largest absolute Gasteiger partial charge is 0.478 e. The number of aryl methyl sites for hydroxylation is 1. The zero-order chi connectivity index (χ0) is 19.4. The first kappa shape index (κ1) is 19.7. The van der Waals surface area contributed by atoms with E-state index in [1.54, 1.807) is 12.1 Å². The molecular weight excluding hydrogens is 473 g/mol. The van der Waals surface area contributed by atoms with Gasteiger partial charge in [0.1, 0.15) is 0 Å². The van der Waals surface area contributed by atoms with E-state index in [-0.39, 0.29) is 27.6 Å². The van der Waals surface area contributed by atoms with Gasteiger partial charge in [0.25, 0.3) is 11.6 Å². The van der Waals surface area contributed by atoms with Crippen LogP contribution in [0.4, 0.5) is 11.4 Å². The summed E-state index contributed by atoms with van der Waals surface area (Å²) in [6, 6.07) is 8.64. The Morgan fingerprint density at radius 1 is 1.23 bits per heavy atom. The quantitative estimate of drug-likeness (QED) is 0.263. The second-order valence-electron chi connectivity index (χ2n) is 5.16. The van der Waals surface area contributed by atoms with E-state index in [9.17, 15) is 24.8 Å². The molecule has 1 amide bonds. The van der Waals surface area contributed by atoms with Crippen molar-refractivity contribution >= 4 is 63.2 Å². The number of anilines is 1. The van der Waals surface area contributed by atoms with E-state index in [2.05, 4.69) is 10.6 Å². The van der Waals surface area contributed by atoms with Gasteiger partial charge < -0.3 is 10.4 Å². The average Bonchev–Trinajstić information content (AvgIpc) is 2.55. The normalized spacial score (nSPS) is 10.1. The number of nitro benzene ring substituents is 1. The molecule has 2 aromatic rings. The minimum Gasteiger partial charge on any atom is -0.478 e. The van der Waals surface area contributed by atoms with Crippen molar-refractivity contribution in [1.82, 2.24) is 5.32 Å². The summed E-state index contributed by atoms with van der Waals surface area (Å²) in [5.41, 5.74) is 0.695. The Bertz CT molecular complexity index is 932. The zero-order valence-corrected chi connectivity index (χ0v) is 16.3. The van der Waals surface area contributed by atoms with Gasteiger partial charge in [-0.25, -0.2) is 4.79 Å². The molecule has 2 aromatic carbocycles. The number of aromatic carboxylic acids is 1. The molecule has 0 fully saturated rings. The summed E-state index contributed by atoms with van der Waals surface area (Å²) in [4.78, 5) is 33.8. The lowest BCUT2D eigenvalue weighted by Gasteiger charge is -2.12. The Kier molecular flexibility index (Phi) is 6.21. The molecule has 0 atom stereocenters. The SMILES string of the molecule is Cc1cc(C(=O)NC(=S)Nc2ccc(I)cc2C(=O)O)ccc1[N+](=O)[O-]. The van der Waals surface area contributed by atoms with Gasteiger partial charge >= 0.3 is 5.97 Å². The van der Waals surface area contributed by atoms with Crippen molar-refractivity contribution in [3.63, 3.8) is 0 Å². The van der Waals surface area contributed by atoms with Crippen LogP contribution in [-0.4, -0.2) is 27.0 Å². The minimum absolute atomic E-state index is 0.0136. The van der Waals surface area contributed by atoms with Crippen molar-refractivity contribution < 1.29 is 19.6 Å². The van der Waals surface area contributed by atoms with Gasteiger partial charge in [-0.05, 0) is 72.1 Å². The van der Waals surface area contributed by atoms with Crippen LogP contribution >= 0.6 is 34.8 Å². The number of carboxylic acids is 1. The maximum atomic E-state index is 12.2. The lowest BCUT2D eigenvalue weighted by Crippen LogP contribution is -2.34. The first-order valence-electron chi connectivity index (χ1n) is 7.09. The lowest BCUT2D eigenvalue weighted by molar-refractivity contribution is -0.385. The number of benzene rings is 2. The molecule has 0 saturated carbocycles. The van der Waals surface area contributed by atoms with E-state index in [1.807, 2.05) is 22.6 Å². The number of hydrogen-bond donors (Lipinski definition) is 3. The third-order valence-corrected chi connectivity index (χ3v) is 4.22. The molecule has 3 N–H and O–H groups in total. The van der Waals surface area contributed by atoms with Crippen LogP contribution in [0.25, 0.3) is 0 Å². The van der Waals surface area contributed by atoms with Gasteiger partial charge in [0.05, 0.1) is 16.2 Å². The molecule has 2 rings (SSSR count). The summed E-state index contributed by atoms with van der Waals surface area (Å²) in [5.74, 6) is -1.70. The Labute approximate surface area is 166 Å². The highest BCUT2D eigenvalue weighted by Gasteiger charge is 2.16. The first-order valence-corrected chi connectivity index (χ1v) is 8.58. The fourth-order valence-electron chi connectivity index (χ4n) is 2.13. The summed E-state index contributed by atoms with van der Waals surface area (Å²) >= 11 is 7.03. The summed E-state index contributed by atoms with van der Waals surface area (Å²) in [6.07, 6.45) is 0. The number of carboxylic acid groups (broad SMARTS) is 1. The molecule has 0 spiro atoms. The number of nitrogens with one attached hydrogen (secondary N) is 2. The molecule has 26 heavy (non-hydrogen) atoms. The molecule has 0 aliphatic carbocycles. The predicted molar refractivity (Wildman–Crippen MR) is 108 cm³/mol. The average molecular weight is 485 g/mol. The third-order valence-electron chi connectivity index (χ3n) is 3.34. The number of hydrogen-bond acceptors (Lipinski definition) is 5. The van der Waals surface area contributed by atoms with E-state index >= 15 is 0 Å². The maximum Gasteiger partial charge on any atom is 0.337 e. The Morgan fingerprint density at radius 2 is 1.92 bits per heavy atom. The number of carbonyl (C=O) groups excluding carboxylic acids is 1. The zero-order valence-electron chi connectivity index (χ0n) is 13.3. The van der Waals surface area contributed by atoms with Gasteiger partial charge in [-0.3, -0.25) is 20.2 Å². The van der Waals surface area contributed by atoms with E-state index in [0.29, 0.717) is 5.56 Å². The van der Waals surface area contributed by atoms with Crippen molar-refractivity contribution in [2.45, 2.75) is 6.92 Å². The van der Waals surface area contributed by atoms with E-state index in [0.717, 1.165) is 3.57 Å². The minimum atomic E-state index is -1.13. The number of carbonyl (C=O) groups is 2. The number of nitrogens with zero attached hydrogens (tertiary/aromatic N) is 1. The third kappa shape index (κ3) is 4.73. The maximum absolute atomic E-state index is 12.2. The standard InChI is InChI=1S/C16H12IN3O5S/c1-8-6-9(2-5-13(8)20(24)25)14(21)19-16(26)18-12-4-3-10(17)7-11(12)15(22)23/h2-7H,1H3,(H,22,23)(H2,18,19,21,26). The topological polar surface area (TPSA) is 122 Å². The summed E-state index contributed by atoms with van der Waals surface area (Å²) in [5, 5.41) is 25.1. The molecule has 8 nitrogen and oxygen atoms in total. The lowest BCUT2D eigenvalue weighted by atomic mass is 10.1. The van der Waals surface area contributed by atoms with Gasteiger partial charge in [0.2, 0.25) is 0 Å². The Balaban J connectivity index is 2.13. The van der Waals surface area contributed by atoms with E-state index in [1.165, 1.54) is 31.2 Å². The fourth-order valence-corrected chi connectivity index (χ4v) is 2.83. The van der Waals surface area contributed by atoms with Crippen molar-refractivity contribution in [3.05, 3.63) is 66.8 Å². The van der Waals surface area contributed by atoms with Crippen molar-refractivity contribution in [2.75, 3.05) is 5.32 Å². The molecule has 0 bridgehead atoms. The molecule has 134 valence electrons. The highest BCUT2D eigenvalue weighted by atomic mass is 127. The highest BCUT2D eigenvalue weighted by Crippen LogP contribution is 2.20. The van der Waals surface area contributed by atoms with Gasteiger partial charge in [-0.1, -0.05) is 0 Å². The van der Waals surface area contributed by atoms with Gasteiger partial charge in [-0.2, -0.15) is 0 Å². The van der Waals surface area contributed by atoms with Gasteiger partial charge in [0, 0.05) is 20.8 Å². The van der Waals surface area contributed by atoms with Crippen LogP contribution in [0.5, 0.6) is 0 Å². The Hall–Kier alpha value is -2.60. The van der Waals surface area contributed by atoms with E-state index in [4.69, 9.17) is 12.2 Å². The molecule has 0 heterocycles. The van der Waals surface area contributed by atoms with Crippen LogP contribution in [0.2, 0.25) is 0 Å². The Morgan fingerprint density at radius 3 is 2.50 bits per heavy atom. The predicted octanol–water partition coefficient (Wildman–Crippen LogP) is 3.33. The monoisotopic (exact) mass is 485 g/mol. The van der Waals surface area contributed by atoms with E-state index < -0.39 is 16.8 Å². The second-order valence-corrected chi connectivity index (χ2v) is 6.82. The number of amides is 1. The molecule has 0 radical (unpaired) electrons. The van der Waals surface area contributed by atoms with Gasteiger partial charge in [0.15, 0.2) is 5.11 Å². The molecule has 0 aliphatic heterocycles. The number of thiocarbonyl (C=S) groups is 1. The molecule has 0 saturated heterocycles. The van der Waals surface area contributed by atoms with Crippen LogP contribution in [0, 0.1) is 20.6 Å². The number of halogens is 1. The summed E-state index contributed by atoms with van der Waals surface area (Å²) in [6.45, 7) is 1.52. The highest BCUT2D eigenvalue weighted by molar-refractivity contribution is 14.1. The van der Waals surface area contributed by atoms with Crippen LogP contribution in [0.3, 0.4) is 0 Å². The number of rotatable bonds is 4. The fraction of sp³-hybridized carbons (Fsp3) is 0.0625. The molecule has 0 aromatic heterocycles. The molecule has 0 unspecified atom stereocenters. The molecule has 0 aliphatic rings. The number of nitro groups is 1. The van der Waals surface area contributed by atoms with Crippen LogP contribution in [0.1, 0.15) is 26.3 Å². The summed E-state index contributed by atoms with van der Waals surface area (Å²) in [7, 11) is 0. The smallest absolute Gasteiger partial charge is 0.337 e. The second kappa shape index (κ2) is 8.19. The molecule has 10 heteroatoms. The first-order chi connectivity index (χ1) is 12.2. The van der Waals surface area contributed by atoms with Crippen molar-refractivity contribution in [1.29, 1.82) is 0 Å². The molecular formula is C16H12IN3O5S. The van der Waals surface area contributed by atoms with Crippen LogP contribution in [-0.2, 0) is 0 Å². The summed E-state index contributed by atoms with van der Waals surface area (Å²) < 4.78 is 0.738. The van der Waals surface area contributed by atoms with Crippen LogP contribution in [0.15, 0.2) is 36.4 Å². The van der Waals surface area contributed by atoms with Crippen LogP contribution < -0.4 is 10.6 Å².